The van der Waals surface area contributed by atoms with E-state index in [-0.39, 0.29) is 5.97 Å². The third-order valence-corrected chi connectivity index (χ3v) is 6.08. The van der Waals surface area contributed by atoms with Gasteiger partial charge in [-0.1, -0.05) is 43.2 Å². The molecule has 7 heteroatoms. The van der Waals surface area contributed by atoms with Gasteiger partial charge in [0.05, 0.1) is 18.9 Å². The molecule has 2 heterocycles. The van der Waals surface area contributed by atoms with Gasteiger partial charge in [-0.25, -0.2) is 4.79 Å². The molecular weight excluding hydrogens is 374 g/mol. The lowest BCUT2D eigenvalue weighted by Crippen LogP contribution is -2.15. The number of nitrogens with zero attached hydrogens (tertiary/aromatic N) is 3. The van der Waals surface area contributed by atoms with Gasteiger partial charge in [0, 0.05) is 11.8 Å². The van der Waals surface area contributed by atoms with Crippen LogP contribution in [0.3, 0.4) is 0 Å². The maximum absolute atomic E-state index is 11.8. The molecule has 2 aromatic heterocycles. The second-order valence-electron chi connectivity index (χ2n) is 6.93. The molecule has 0 unspecified atom stereocenters. The van der Waals surface area contributed by atoms with E-state index < -0.39 is 0 Å². The average Bonchev–Trinajstić information content (AvgIpc) is 3.42. The third kappa shape index (κ3) is 3.99. The number of carbonyl (C=O) groups excluding carboxylic acids is 1. The van der Waals surface area contributed by atoms with Gasteiger partial charge in [-0.05, 0) is 42.7 Å². The van der Waals surface area contributed by atoms with E-state index in [9.17, 15) is 4.79 Å². The van der Waals surface area contributed by atoms with Crippen LogP contribution in [0.5, 0.6) is 0 Å². The van der Waals surface area contributed by atoms with Crippen LogP contribution in [-0.2, 0) is 10.5 Å². The molecule has 1 fully saturated rings. The van der Waals surface area contributed by atoms with Crippen molar-refractivity contribution < 1.29 is 13.9 Å². The summed E-state index contributed by atoms with van der Waals surface area (Å²) in [6, 6.07) is 11.7. The van der Waals surface area contributed by atoms with Crippen molar-refractivity contribution in [2.45, 2.75) is 49.1 Å². The molecule has 4 rings (SSSR count). The highest BCUT2D eigenvalue weighted by molar-refractivity contribution is 7.98. The smallest absolute Gasteiger partial charge is 0.337 e. The summed E-state index contributed by atoms with van der Waals surface area (Å²) >= 11 is 1.64. The van der Waals surface area contributed by atoms with Crippen LogP contribution in [0.15, 0.2) is 52.2 Å². The first-order valence-electron chi connectivity index (χ1n) is 9.55. The van der Waals surface area contributed by atoms with Crippen molar-refractivity contribution in [2.75, 3.05) is 7.11 Å². The molecule has 1 aliphatic carbocycles. The number of ether oxygens (including phenoxy) is 1. The second-order valence-corrected chi connectivity index (χ2v) is 7.87. The molecule has 28 heavy (non-hydrogen) atoms. The van der Waals surface area contributed by atoms with E-state index >= 15 is 0 Å². The van der Waals surface area contributed by atoms with Crippen LogP contribution in [0.1, 0.15) is 54.1 Å². The number of thioether (sulfide) groups is 1. The van der Waals surface area contributed by atoms with Crippen molar-refractivity contribution in [3.8, 4) is 11.6 Å². The van der Waals surface area contributed by atoms with Gasteiger partial charge in [0.25, 0.3) is 0 Å². The predicted octanol–water partition coefficient (Wildman–Crippen LogP) is 5.12. The monoisotopic (exact) mass is 397 g/mol. The van der Waals surface area contributed by atoms with Crippen LogP contribution >= 0.6 is 11.8 Å². The van der Waals surface area contributed by atoms with Crippen LogP contribution in [0, 0.1) is 0 Å². The minimum Gasteiger partial charge on any atom is -0.465 e. The van der Waals surface area contributed by atoms with Gasteiger partial charge in [-0.15, -0.1) is 10.2 Å². The van der Waals surface area contributed by atoms with E-state index in [1.807, 2.05) is 30.3 Å². The summed E-state index contributed by atoms with van der Waals surface area (Å²) in [4.78, 5) is 11.8. The maximum atomic E-state index is 11.8. The Kier molecular flexibility index (Phi) is 5.81. The van der Waals surface area contributed by atoms with Crippen LogP contribution < -0.4 is 0 Å². The first-order valence-corrected chi connectivity index (χ1v) is 10.5. The predicted molar refractivity (Wildman–Crippen MR) is 107 cm³/mol. The number of hydrogen-bond donors (Lipinski definition) is 0. The molecule has 6 nitrogen and oxygen atoms in total. The number of methoxy groups -OCH3 is 1. The van der Waals surface area contributed by atoms with Gasteiger partial charge in [0.15, 0.2) is 10.9 Å². The Morgan fingerprint density at radius 1 is 1.21 bits per heavy atom. The Bertz CT molecular complexity index is 930. The zero-order chi connectivity index (χ0) is 19.3. The van der Waals surface area contributed by atoms with E-state index in [1.165, 1.54) is 26.4 Å². The summed E-state index contributed by atoms with van der Waals surface area (Å²) in [5.74, 6) is 1.92. The number of rotatable bonds is 6. The zero-order valence-electron chi connectivity index (χ0n) is 15.8. The molecular formula is C21H23N3O3S. The zero-order valence-corrected chi connectivity index (χ0v) is 16.7. The Hall–Kier alpha value is -2.54. The standard InChI is InChI=1S/C21H23N3O3S/c1-26-20(25)16-8-5-7-15(13-16)14-28-21-23-22-19(18-11-6-12-27-18)24(21)17-9-3-2-4-10-17/h5-8,11-13,17H,2-4,9-10,14H2,1H3. The van der Waals surface area contributed by atoms with Gasteiger partial charge < -0.3 is 9.15 Å². The van der Waals surface area contributed by atoms with E-state index in [2.05, 4.69) is 14.8 Å². The van der Waals surface area contributed by atoms with E-state index in [0.29, 0.717) is 17.4 Å². The van der Waals surface area contributed by atoms with Crippen molar-refractivity contribution in [3.05, 3.63) is 53.8 Å². The van der Waals surface area contributed by atoms with Crippen LogP contribution in [-0.4, -0.2) is 27.8 Å². The lowest BCUT2D eigenvalue weighted by atomic mass is 9.95. The van der Waals surface area contributed by atoms with Gasteiger partial charge in [0.2, 0.25) is 5.82 Å². The maximum Gasteiger partial charge on any atom is 0.337 e. The molecule has 0 N–H and O–H groups in total. The van der Waals surface area contributed by atoms with Gasteiger partial charge in [-0.2, -0.15) is 0 Å². The molecule has 3 aromatic rings. The Morgan fingerprint density at radius 3 is 2.82 bits per heavy atom. The van der Waals surface area contributed by atoms with E-state index in [0.717, 1.165) is 35.1 Å². The molecule has 1 aliphatic rings. The molecule has 146 valence electrons. The highest BCUT2D eigenvalue weighted by Crippen LogP contribution is 2.36. The third-order valence-electron chi connectivity index (χ3n) is 5.06. The van der Waals surface area contributed by atoms with E-state index in [4.69, 9.17) is 9.15 Å². The normalized spacial score (nSPS) is 14.9. The molecule has 0 aliphatic heterocycles. The number of hydrogen-bond acceptors (Lipinski definition) is 6. The van der Waals surface area contributed by atoms with Gasteiger partial charge in [-0.3, -0.25) is 4.57 Å². The van der Waals surface area contributed by atoms with E-state index in [1.54, 1.807) is 24.1 Å². The van der Waals surface area contributed by atoms with Crippen molar-refractivity contribution in [3.63, 3.8) is 0 Å². The summed E-state index contributed by atoms with van der Waals surface area (Å²) in [5, 5.41) is 9.78. The highest BCUT2D eigenvalue weighted by atomic mass is 32.2. The summed E-state index contributed by atoms with van der Waals surface area (Å²) in [7, 11) is 1.40. The number of esters is 1. The number of aromatic nitrogens is 3. The second kappa shape index (κ2) is 8.65. The average molecular weight is 398 g/mol. The van der Waals surface area contributed by atoms with Crippen LogP contribution in [0.25, 0.3) is 11.6 Å². The van der Waals surface area contributed by atoms with Crippen LogP contribution in [0.2, 0.25) is 0 Å². The molecule has 0 bridgehead atoms. The summed E-state index contributed by atoms with van der Waals surface area (Å²) in [6.45, 7) is 0. The Balaban J connectivity index is 1.58. The SMILES string of the molecule is COC(=O)c1cccc(CSc2nnc(-c3ccco3)n2C2CCCCC2)c1. The number of benzene rings is 1. The minimum atomic E-state index is -0.322. The first kappa shape index (κ1) is 18.8. The summed E-state index contributed by atoms with van der Waals surface area (Å²) in [5.41, 5.74) is 1.61. The Labute approximate surface area is 168 Å². The molecule has 0 radical (unpaired) electrons. The molecule has 0 saturated heterocycles. The van der Waals surface area contributed by atoms with Crippen LogP contribution in [0.4, 0.5) is 0 Å². The largest absolute Gasteiger partial charge is 0.465 e. The topological polar surface area (TPSA) is 70.2 Å². The molecule has 1 aromatic carbocycles. The fourth-order valence-corrected chi connectivity index (χ4v) is 4.62. The Morgan fingerprint density at radius 2 is 2.07 bits per heavy atom. The number of carbonyl (C=O) groups is 1. The summed E-state index contributed by atoms with van der Waals surface area (Å²) in [6.07, 6.45) is 7.68. The van der Waals surface area contributed by atoms with Crippen molar-refractivity contribution in [1.29, 1.82) is 0 Å². The molecule has 0 amide bonds. The molecule has 1 saturated carbocycles. The van der Waals surface area contributed by atoms with Crippen molar-refractivity contribution in [1.82, 2.24) is 14.8 Å². The molecule has 0 spiro atoms. The molecule has 0 atom stereocenters. The lowest BCUT2D eigenvalue weighted by Gasteiger charge is -2.25. The van der Waals surface area contributed by atoms with Crippen molar-refractivity contribution >= 4 is 17.7 Å². The number of furan rings is 1. The van der Waals surface area contributed by atoms with Crippen molar-refractivity contribution in [2.24, 2.45) is 0 Å². The fourth-order valence-electron chi connectivity index (χ4n) is 3.67. The quantitative estimate of drug-likeness (QED) is 0.425. The fraction of sp³-hybridized carbons (Fsp3) is 0.381. The first-order chi connectivity index (χ1) is 13.8. The lowest BCUT2D eigenvalue weighted by molar-refractivity contribution is 0.0600. The van der Waals surface area contributed by atoms with Gasteiger partial charge >= 0.3 is 5.97 Å². The highest BCUT2D eigenvalue weighted by Gasteiger charge is 2.25. The summed E-state index contributed by atoms with van der Waals surface area (Å²) < 4.78 is 12.7. The van der Waals surface area contributed by atoms with Gasteiger partial charge in [0.1, 0.15) is 0 Å². The minimum absolute atomic E-state index is 0.322.